The molecule has 0 spiro atoms. The van der Waals surface area contributed by atoms with E-state index in [0.717, 1.165) is 14.3 Å². The molecule has 0 fully saturated rings. The standard InChI is InChI=1S/C29H34BrN3O6S/c1-5-31-29(35)21(3)32(19-22-8-7-9-26(18-22)38-4)28(34)20-33(24-12-14-25(15-13-24)39-6-2)40(36,37)27-16-10-23(30)11-17-27/h7-18,21H,5-6,19-20H2,1-4H3,(H,31,35)/t21-/m1/s1. The van der Waals surface area contributed by atoms with Crippen LogP contribution in [0.2, 0.25) is 0 Å². The van der Waals surface area contributed by atoms with E-state index in [1.54, 1.807) is 75.6 Å². The molecular weight excluding hydrogens is 598 g/mol. The molecule has 9 nitrogen and oxygen atoms in total. The van der Waals surface area contributed by atoms with Crippen LogP contribution < -0.4 is 19.1 Å². The fourth-order valence-corrected chi connectivity index (χ4v) is 5.69. The minimum Gasteiger partial charge on any atom is -0.497 e. The first-order chi connectivity index (χ1) is 19.1. The Balaban J connectivity index is 2.03. The molecule has 40 heavy (non-hydrogen) atoms. The molecule has 3 aromatic rings. The van der Waals surface area contributed by atoms with Gasteiger partial charge in [0.25, 0.3) is 10.0 Å². The largest absolute Gasteiger partial charge is 0.497 e. The van der Waals surface area contributed by atoms with Crippen molar-refractivity contribution in [1.29, 1.82) is 0 Å². The number of anilines is 1. The van der Waals surface area contributed by atoms with E-state index in [2.05, 4.69) is 21.2 Å². The molecular formula is C29H34BrN3O6S. The SMILES string of the molecule is CCNC(=O)[C@@H](C)N(Cc1cccc(OC)c1)C(=O)CN(c1ccc(OCC)cc1)S(=O)(=O)c1ccc(Br)cc1. The quantitative estimate of drug-likeness (QED) is 0.295. The topological polar surface area (TPSA) is 105 Å². The summed E-state index contributed by atoms with van der Waals surface area (Å²) < 4.78 is 40.3. The molecule has 3 rings (SSSR count). The Bertz CT molecular complexity index is 1400. The molecule has 0 saturated heterocycles. The van der Waals surface area contributed by atoms with E-state index >= 15 is 0 Å². The smallest absolute Gasteiger partial charge is 0.264 e. The Labute approximate surface area is 244 Å². The van der Waals surface area contributed by atoms with Crippen LogP contribution in [-0.2, 0) is 26.2 Å². The van der Waals surface area contributed by atoms with E-state index in [1.807, 2.05) is 13.0 Å². The number of carbonyl (C=O) groups excluding carboxylic acids is 2. The number of ether oxygens (including phenoxy) is 2. The summed E-state index contributed by atoms with van der Waals surface area (Å²) in [6.45, 7) is 5.65. The van der Waals surface area contributed by atoms with Gasteiger partial charge in [0.05, 0.1) is 24.3 Å². The number of amides is 2. The van der Waals surface area contributed by atoms with Crippen LogP contribution in [-0.4, -0.2) is 58.0 Å². The average molecular weight is 633 g/mol. The van der Waals surface area contributed by atoms with Crippen LogP contribution in [0.1, 0.15) is 26.3 Å². The van der Waals surface area contributed by atoms with Gasteiger partial charge in [-0.2, -0.15) is 0 Å². The lowest BCUT2D eigenvalue weighted by atomic mass is 10.1. The average Bonchev–Trinajstić information content (AvgIpc) is 2.95. The molecule has 11 heteroatoms. The number of rotatable bonds is 13. The molecule has 0 heterocycles. The zero-order valence-electron chi connectivity index (χ0n) is 23.0. The van der Waals surface area contributed by atoms with Gasteiger partial charge >= 0.3 is 0 Å². The highest BCUT2D eigenvalue weighted by atomic mass is 79.9. The number of hydrogen-bond acceptors (Lipinski definition) is 6. The summed E-state index contributed by atoms with van der Waals surface area (Å²) in [6, 6.07) is 19.0. The zero-order valence-corrected chi connectivity index (χ0v) is 25.4. The van der Waals surface area contributed by atoms with Crippen LogP contribution in [0.3, 0.4) is 0 Å². The maximum absolute atomic E-state index is 13.9. The molecule has 3 aromatic carbocycles. The Morgan fingerprint density at radius 3 is 2.25 bits per heavy atom. The number of benzene rings is 3. The molecule has 2 amide bonds. The van der Waals surface area contributed by atoms with Crippen molar-refractivity contribution in [3.63, 3.8) is 0 Å². The Hall–Kier alpha value is -3.57. The van der Waals surface area contributed by atoms with Gasteiger partial charge in [-0.05, 0) is 87.0 Å². The van der Waals surface area contributed by atoms with Crippen LogP contribution in [0, 0.1) is 0 Å². The number of carbonyl (C=O) groups is 2. The number of hydrogen-bond donors (Lipinski definition) is 1. The molecule has 0 radical (unpaired) electrons. The van der Waals surface area contributed by atoms with Gasteiger partial charge in [-0.15, -0.1) is 0 Å². The van der Waals surface area contributed by atoms with Crippen molar-refractivity contribution in [2.45, 2.75) is 38.3 Å². The molecule has 214 valence electrons. The number of halogens is 1. The van der Waals surface area contributed by atoms with Crippen LogP contribution in [0.4, 0.5) is 5.69 Å². The fourth-order valence-electron chi connectivity index (χ4n) is 4.01. The van der Waals surface area contributed by atoms with Crippen LogP contribution in [0.5, 0.6) is 11.5 Å². The zero-order chi connectivity index (χ0) is 29.3. The first-order valence-electron chi connectivity index (χ1n) is 12.8. The third-order valence-corrected chi connectivity index (χ3v) is 8.44. The van der Waals surface area contributed by atoms with Crippen molar-refractivity contribution in [1.82, 2.24) is 10.2 Å². The van der Waals surface area contributed by atoms with E-state index in [1.165, 1.54) is 17.0 Å². The number of sulfonamides is 1. The Morgan fingerprint density at radius 2 is 1.65 bits per heavy atom. The number of methoxy groups -OCH3 is 1. The monoisotopic (exact) mass is 631 g/mol. The van der Waals surface area contributed by atoms with Crippen molar-refractivity contribution in [3.05, 3.63) is 82.8 Å². The van der Waals surface area contributed by atoms with Gasteiger partial charge in [0.2, 0.25) is 11.8 Å². The van der Waals surface area contributed by atoms with E-state index in [0.29, 0.717) is 24.7 Å². The van der Waals surface area contributed by atoms with E-state index in [-0.39, 0.29) is 23.0 Å². The molecule has 0 bridgehead atoms. The van der Waals surface area contributed by atoms with Gasteiger partial charge in [0.15, 0.2) is 0 Å². The number of likely N-dealkylation sites (N-methyl/N-ethyl adjacent to an activating group) is 1. The summed E-state index contributed by atoms with van der Waals surface area (Å²) in [5.41, 5.74) is 1.01. The predicted molar refractivity (Wildman–Crippen MR) is 158 cm³/mol. The second-order valence-electron chi connectivity index (χ2n) is 8.84. The van der Waals surface area contributed by atoms with Crippen molar-refractivity contribution in [2.75, 3.05) is 31.1 Å². The third-order valence-electron chi connectivity index (χ3n) is 6.12. The highest BCUT2D eigenvalue weighted by Crippen LogP contribution is 2.27. The van der Waals surface area contributed by atoms with Gasteiger partial charge in [-0.1, -0.05) is 28.1 Å². The highest BCUT2D eigenvalue weighted by molar-refractivity contribution is 9.10. The second kappa shape index (κ2) is 14.2. The fraction of sp³-hybridized carbons (Fsp3) is 0.310. The summed E-state index contributed by atoms with van der Waals surface area (Å²) >= 11 is 3.33. The lowest BCUT2D eigenvalue weighted by Gasteiger charge is -2.32. The summed E-state index contributed by atoms with van der Waals surface area (Å²) in [4.78, 5) is 28.1. The number of nitrogens with one attached hydrogen (secondary N) is 1. The molecule has 0 aliphatic carbocycles. The van der Waals surface area contributed by atoms with Crippen molar-refractivity contribution in [3.8, 4) is 11.5 Å². The predicted octanol–water partition coefficient (Wildman–Crippen LogP) is 4.61. The van der Waals surface area contributed by atoms with Crippen molar-refractivity contribution < 1.29 is 27.5 Å². The lowest BCUT2D eigenvalue weighted by molar-refractivity contribution is -0.139. The van der Waals surface area contributed by atoms with Gasteiger partial charge in [-0.3, -0.25) is 13.9 Å². The van der Waals surface area contributed by atoms with Gasteiger partial charge in [0, 0.05) is 17.6 Å². The molecule has 0 aliphatic rings. The molecule has 0 saturated carbocycles. The molecule has 1 atom stereocenters. The van der Waals surface area contributed by atoms with Crippen LogP contribution in [0.15, 0.2) is 82.2 Å². The Kier molecular flexibility index (Phi) is 11.0. The van der Waals surface area contributed by atoms with Gasteiger partial charge < -0.3 is 19.7 Å². The minimum absolute atomic E-state index is 0.0218. The molecule has 0 aliphatic heterocycles. The lowest BCUT2D eigenvalue weighted by Crippen LogP contribution is -2.51. The van der Waals surface area contributed by atoms with Crippen LogP contribution in [0.25, 0.3) is 0 Å². The highest BCUT2D eigenvalue weighted by Gasteiger charge is 2.32. The van der Waals surface area contributed by atoms with E-state index in [9.17, 15) is 18.0 Å². The number of nitrogens with zero attached hydrogens (tertiary/aromatic N) is 2. The summed E-state index contributed by atoms with van der Waals surface area (Å²) in [6.07, 6.45) is 0. The Morgan fingerprint density at radius 1 is 0.975 bits per heavy atom. The normalized spacial score (nSPS) is 11.8. The summed E-state index contributed by atoms with van der Waals surface area (Å²) in [5.74, 6) is 0.283. The minimum atomic E-state index is -4.16. The summed E-state index contributed by atoms with van der Waals surface area (Å²) in [5, 5.41) is 2.75. The van der Waals surface area contributed by atoms with Gasteiger partial charge in [-0.25, -0.2) is 8.42 Å². The van der Waals surface area contributed by atoms with Crippen LogP contribution >= 0.6 is 15.9 Å². The van der Waals surface area contributed by atoms with Gasteiger partial charge in [0.1, 0.15) is 24.1 Å². The molecule has 0 aromatic heterocycles. The molecule has 1 N–H and O–H groups in total. The maximum Gasteiger partial charge on any atom is 0.264 e. The van der Waals surface area contributed by atoms with Crippen molar-refractivity contribution >= 4 is 43.5 Å². The second-order valence-corrected chi connectivity index (χ2v) is 11.6. The first kappa shape index (κ1) is 31.0. The van der Waals surface area contributed by atoms with Crippen molar-refractivity contribution in [2.24, 2.45) is 0 Å². The maximum atomic E-state index is 13.9. The van der Waals surface area contributed by atoms with E-state index < -0.39 is 28.5 Å². The first-order valence-corrected chi connectivity index (χ1v) is 15.0. The summed E-state index contributed by atoms with van der Waals surface area (Å²) in [7, 11) is -2.62. The van der Waals surface area contributed by atoms with E-state index in [4.69, 9.17) is 9.47 Å². The molecule has 0 unspecified atom stereocenters. The third kappa shape index (κ3) is 7.76.